The Bertz CT molecular complexity index is 330. The molecule has 14 heavy (non-hydrogen) atoms. The first-order valence-corrected chi connectivity index (χ1v) is 4.26. The maximum atomic E-state index is 10.3. The molecular weight excluding hydrogens is 182 g/mol. The van der Waals surface area contributed by atoms with E-state index in [1.54, 1.807) is 12.1 Å². The van der Waals surface area contributed by atoms with Gasteiger partial charge in [-0.15, -0.1) is 0 Å². The van der Waals surface area contributed by atoms with Crippen LogP contribution < -0.4 is 0 Å². The molecule has 0 atom stereocenters. The van der Waals surface area contributed by atoms with Gasteiger partial charge in [-0.1, -0.05) is 12.2 Å². The summed E-state index contributed by atoms with van der Waals surface area (Å²) in [5, 5.41) is 18.8. The molecule has 1 N–H and O–H groups in total. The van der Waals surface area contributed by atoms with E-state index < -0.39 is 4.92 Å². The van der Waals surface area contributed by atoms with Gasteiger partial charge in [0.25, 0.3) is 5.69 Å². The van der Waals surface area contributed by atoms with Gasteiger partial charge >= 0.3 is 0 Å². The number of hydrogen-bond acceptors (Lipinski definition) is 3. The maximum absolute atomic E-state index is 10.3. The van der Waals surface area contributed by atoms with E-state index in [0.717, 1.165) is 5.56 Å². The highest BCUT2D eigenvalue weighted by Crippen LogP contribution is 2.12. The van der Waals surface area contributed by atoms with E-state index in [0.29, 0.717) is 6.42 Å². The van der Waals surface area contributed by atoms with Crippen molar-refractivity contribution in [2.24, 2.45) is 0 Å². The third-order valence-electron chi connectivity index (χ3n) is 1.71. The molecule has 74 valence electrons. The number of rotatable bonds is 4. The Labute approximate surface area is 81.6 Å². The predicted molar refractivity (Wildman–Crippen MR) is 53.8 cm³/mol. The summed E-state index contributed by atoms with van der Waals surface area (Å²) in [7, 11) is 0. The normalized spacial score (nSPS) is 10.6. The van der Waals surface area contributed by atoms with Gasteiger partial charge in [0.1, 0.15) is 0 Å². The summed E-state index contributed by atoms with van der Waals surface area (Å²) in [6.07, 6.45) is 4.23. The molecule has 0 aliphatic carbocycles. The summed E-state index contributed by atoms with van der Waals surface area (Å²) < 4.78 is 0. The Morgan fingerprint density at radius 3 is 2.50 bits per heavy atom. The van der Waals surface area contributed by atoms with Gasteiger partial charge in [0.2, 0.25) is 0 Å². The van der Waals surface area contributed by atoms with Gasteiger partial charge in [-0.05, 0) is 24.1 Å². The zero-order valence-electron chi connectivity index (χ0n) is 7.59. The second-order valence-corrected chi connectivity index (χ2v) is 2.76. The third-order valence-corrected chi connectivity index (χ3v) is 1.71. The van der Waals surface area contributed by atoms with E-state index in [1.165, 1.54) is 12.1 Å². The van der Waals surface area contributed by atoms with E-state index in [-0.39, 0.29) is 12.3 Å². The van der Waals surface area contributed by atoms with Gasteiger partial charge in [0, 0.05) is 18.7 Å². The molecule has 0 heterocycles. The van der Waals surface area contributed by atoms with Crippen LogP contribution in [0.2, 0.25) is 0 Å². The molecule has 4 nitrogen and oxygen atoms in total. The molecular formula is C10H11NO3. The average Bonchev–Trinajstić information content (AvgIpc) is 2.19. The first-order chi connectivity index (χ1) is 6.74. The van der Waals surface area contributed by atoms with Crippen molar-refractivity contribution in [3.05, 3.63) is 46.0 Å². The zero-order chi connectivity index (χ0) is 10.4. The number of hydrogen-bond donors (Lipinski definition) is 1. The molecule has 1 aromatic rings. The number of aliphatic hydroxyl groups excluding tert-OH is 1. The zero-order valence-corrected chi connectivity index (χ0v) is 7.59. The van der Waals surface area contributed by atoms with Crippen LogP contribution in [-0.4, -0.2) is 16.6 Å². The smallest absolute Gasteiger partial charge is 0.269 e. The molecule has 0 aromatic heterocycles. The fourth-order valence-corrected chi connectivity index (χ4v) is 1.00. The van der Waals surface area contributed by atoms with E-state index in [4.69, 9.17) is 5.11 Å². The van der Waals surface area contributed by atoms with E-state index in [2.05, 4.69) is 0 Å². The lowest BCUT2D eigenvalue weighted by molar-refractivity contribution is -0.384. The van der Waals surface area contributed by atoms with Crippen LogP contribution in [0, 0.1) is 10.1 Å². The second kappa shape index (κ2) is 5.14. The van der Waals surface area contributed by atoms with Crippen molar-refractivity contribution in [1.82, 2.24) is 0 Å². The highest BCUT2D eigenvalue weighted by Gasteiger charge is 2.01. The van der Waals surface area contributed by atoms with Crippen molar-refractivity contribution >= 4 is 11.8 Å². The van der Waals surface area contributed by atoms with Crippen LogP contribution in [-0.2, 0) is 0 Å². The number of nitro benzene ring substituents is 1. The van der Waals surface area contributed by atoms with E-state index in [1.807, 2.05) is 12.2 Å². The van der Waals surface area contributed by atoms with Crippen molar-refractivity contribution in [1.29, 1.82) is 0 Å². The molecule has 0 spiro atoms. The van der Waals surface area contributed by atoms with Gasteiger partial charge in [-0.3, -0.25) is 10.1 Å². The molecule has 0 radical (unpaired) electrons. The predicted octanol–water partition coefficient (Wildman–Crippen LogP) is 1.99. The van der Waals surface area contributed by atoms with Crippen LogP contribution in [0.5, 0.6) is 0 Å². The van der Waals surface area contributed by atoms with Gasteiger partial charge in [0.05, 0.1) is 4.92 Å². The Hall–Kier alpha value is -1.68. The van der Waals surface area contributed by atoms with Crippen LogP contribution in [0.3, 0.4) is 0 Å². The number of benzene rings is 1. The summed E-state index contributed by atoms with van der Waals surface area (Å²) in [4.78, 5) is 9.90. The first kappa shape index (κ1) is 10.4. The van der Waals surface area contributed by atoms with Crippen LogP contribution in [0.25, 0.3) is 6.08 Å². The maximum Gasteiger partial charge on any atom is 0.269 e. The quantitative estimate of drug-likeness (QED) is 0.587. The van der Waals surface area contributed by atoms with E-state index in [9.17, 15) is 10.1 Å². The summed E-state index contributed by atoms with van der Waals surface area (Å²) in [5.74, 6) is 0. The summed E-state index contributed by atoms with van der Waals surface area (Å²) in [6, 6.07) is 6.26. The molecule has 0 aliphatic heterocycles. The first-order valence-electron chi connectivity index (χ1n) is 4.26. The number of nitrogens with zero attached hydrogens (tertiary/aromatic N) is 1. The number of nitro groups is 1. The molecule has 1 rings (SSSR count). The summed E-state index contributed by atoms with van der Waals surface area (Å²) in [5.41, 5.74) is 0.980. The van der Waals surface area contributed by atoms with Crippen LogP contribution in [0.1, 0.15) is 12.0 Å². The second-order valence-electron chi connectivity index (χ2n) is 2.76. The standard InChI is InChI=1S/C10H11NO3/c12-8-2-1-3-9-4-6-10(7-5-9)11(13)14/h1,3-7,12H,2,8H2. The van der Waals surface area contributed by atoms with Gasteiger partial charge in [-0.2, -0.15) is 0 Å². The molecule has 0 aliphatic rings. The minimum atomic E-state index is -0.429. The molecule has 0 saturated heterocycles. The fraction of sp³-hybridized carbons (Fsp3) is 0.200. The Morgan fingerprint density at radius 2 is 2.00 bits per heavy atom. The van der Waals surface area contributed by atoms with Gasteiger partial charge in [0.15, 0.2) is 0 Å². The van der Waals surface area contributed by atoms with Crippen LogP contribution in [0.4, 0.5) is 5.69 Å². The SMILES string of the molecule is O=[N+]([O-])c1ccc(C=CCCO)cc1. The largest absolute Gasteiger partial charge is 0.396 e. The number of aliphatic hydroxyl groups is 1. The Balaban J connectivity index is 2.68. The Kier molecular flexibility index (Phi) is 3.82. The third kappa shape index (κ3) is 2.99. The molecule has 0 fully saturated rings. The monoisotopic (exact) mass is 193 g/mol. The summed E-state index contributed by atoms with van der Waals surface area (Å²) >= 11 is 0. The lowest BCUT2D eigenvalue weighted by Crippen LogP contribution is -1.86. The van der Waals surface area contributed by atoms with Crippen molar-refractivity contribution in [2.75, 3.05) is 6.61 Å². The lowest BCUT2D eigenvalue weighted by atomic mass is 10.2. The molecule has 1 aromatic carbocycles. The Morgan fingerprint density at radius 1 is 1.36 bits per heavy atom. The van der Waals surface area contributed by atoms with Crippen LogP contribution in [0.15, 0.2) is 30.3 Å². The molecule has 0 bridgehead atoms. The summed E-state index contributed by atoms with van der Waals surface area (Å²) in [6.45, 7) is 0.115. The lowest BCUT2D eigenvalue weighted by Gasteiger charge is -1.93. The molecule has 0 saturated carbocycles. The number of non-ortho nitro benzene ring substituents is 1. The minimum absolute atomic E-state index is 0.0873. The minimum Gasteiger partial charge on any atom is -0.396 e. The van der Waals surface area contributed by atoms with Crippen molar-refractivity contribution in [3.63, 3.8) is 0 Å². The molecule has 0 unspecified atom stereocenters. The molecule has 4 heteroatoms. The van der Waals surface area contributed by atoms with Crippen molar-refractivity contribution < 1.29 is 10.0 Å². The van der Waals surface area contributed by atoms with Gasteiger partial charge in [-0.25, -0.2) is 0 Å². The van der Waals surface area contributed by atoms with Crippen LogP contribution >= 0.6 is 0 Å². The highest BCUT2D eigenvalue weighted by atomic mass is 16.6. The highest BCUT2D eigenvalue weighted by molar-refractivity contribution is 5.51. The average molecular weight is 193 g/mol. The van der Waals surface area contributed by atoms with Crippen molar-refractivity contribution in [3.8, 4) is 0 Å². The molecule has 0 amide bonds. The topological polar surface area (TPSA) is 63.4 Å². The van der Waals surface area contributed by atoms with Gasteiger partial charge < -0.3 is 5.11 Å². The fourth-order valence-electron chi connectivity index (χ4n) is 1.00. The van der Waals surface area contributed by atoms with E-state index >= 15 is 0 Å². The van der Waals surface area contributed by atoms with Crippen molar-refractivity contribution in [2.45, 2.75) is 6.42 Å².